The van der Waals surface area contributed by atoms with Gasteiger partial charge in [-0.2, -0.15) is 0 Å². The second-order valence-corrected chi connectivity index (χ2v) is 9.49. The second kappa shape index (κ2) is 9.82. The number of anilines is 1. The van der Waals surface area contributed by atoms with Gasteiger partial charge in [0.1, 0.15) is 17.7 Å². The van der Waals surface area contributed by atoms with Crippen molar-refractivity contribution in [3.63, 3.8) is 0 Å². The fourth-order valence-corrected chi connectivity index (χ4v) is 4.56. The summed E-state index contributed by atoms with van der Waals surface area (Å²) in [5, 5.41) is 3.27. The minimum absolute atomic E-state index is 0.264. The quantitative estimate of drug-likeness (QED) is 0.471. The molecule has 10 heteroatoms. The van der Waals surface area contributed by atoms with Gasteiger partial charge in [-0.05, 0) is 59.2 Å². The van der Waals surface area contributed by atoms with E-state index in [1.54, 1.807) is 54.7 Å². The van der Waals surface area contributed by atoms with Crippen LogP contribution in [0.5, 0.6) is 5.75 Å². The molecule has 1 atom stereocenters. The molecule has 0 radical (unpaired) electrons. The zero-order valence-electron chi connectivity index (χ0n) is 19.6. The Labute approximate surface area is 216 Å². The molecule has 0 aliphatic carbocycles. The van der Waals surface area contributed by atoms with Crippen LogP contribution < -0.4 is 15.8 Å². The van der Waals surface area contributed by atoms with Crippen LogP contribution in [0.15, 0.2) is 60.8 Å². The van der Waals surface area contributed by atoms with Crippen LogP contribution >= 0.6 is 11.6 Å². The summed E-state index contributed by atoms with van der Waals surface area (Å²) in [7, 11) is 0. The first-order valence-corrected chi connectivity index (χ1v) is 12.0. The van der Waals surface area contributed by atoms with E-state index in [9.17, 15) is 18.4 Å². The fraction of sp³-hybridized carbons (Fsp3) is 0.222. The number of nitrogen functional groups attached to an aromatic ring is 1. The van der Waals surface area contributed by atoms with Crippen molar-refractivity contribution in [1.29, 1.82) is 0 Å². The molecule has 190 valence electrons. The Balaban J connectivity index is 1.19. The Morgan fingerprint density at radius 2 is 1.92 bits per heavy atom. The summed E-state index contributed by atoms with van der Waals surface area (Å²) in [5.74, 6) is -2.49. The van der Waals surface area contributed by atoms with Crippen LogP contribution in [0.3, 0.4) is 0 Å². The minimum atomic E-state index is -2.80. The molecule has 3 N–H and O–H groups in total. The summed E-state index contributed by atoms with van der Waals surface area (Å²) in [6, 6.07) is 13.9. The van der Waals surface area contributed by atoms with Crippen molar-refractivity contribution in [2.45, 2.75) is 18.4 Å². The Morgan fingerprint density at radius 3 is 2.59 bits per heavy atom. The highest BCUT2D eigenvalue weighted by Crippen LogP contribution is 2.39. The van der Waals surface area contributed by atoms with Gasteiger partial charge in [0, 0.05) is 29.8 Å². The molecule has 3 aromatic rings. The number of hydrogen-bond donors (Lipinski definition) is 2. The molecule has 2 aliphatic heterocycles. The van der Waals surface area contributed by atoms with Crippen LogP contribution in [0.2, 0.25) is 5.02 Å². The van der Waals surface area contributed by atoms with E-state index in [-0.39, 0.29) is 12.0 Å². The van der Waals surface area contributed by atoms with Crippen LogP contribution in [0.25, 0.3) is 17.2 Å². The van der Waals surface area contributed by atoms with Gasteiger partial charge in [-0.15, -0.1) is 0 Å². The molecular weight excluding hydrogens is 502 g/mol. The highest BCUT2D eigenvalue weighted by molar-refractivity contribution is 6.32. The number of pyridine rings is 1. The number of alkyl halides is 2. The van der Waals surface area contributed by atoms with Crippen LogP contribution in [-0.2, 0) is 11.2 Å². The maximum Gasteiger partial charge on any atom is 0.282 e. The highest BCUT2D eigenvalue weighted by Gasteiger charge is 2.46. The molecule has 1 fully saturated rings. The molecule has 2 aliphatic rings. The molecular formula is C27H23ClF2N4O3. The summed E-state index contributed by atoms with van der Waals surface area (Å²) in [5.41, 5.74) is 9.25. The Hall–Kier alpha value is -3.98. The first-order valence-electron chi connectivity index (χ1n) is 11.6. The van der Waals surface area contributed by atoms with Crippen molar-refractivity contribution in [2.24, 2.45) is 0 Å². The van der Waals surface area contributed by atoms with Crippen molar-refractivity contribution in [2.75, 3.05) is 25.4 Å². The minimum Gasteiger partial charge on any atom is -0.486 e. The Kier molecular flexibility index (Phi) is 6.55. The molecule has 7 nitrogen and oxygen atoms in total. The average Bonchev–Trinajstić information content (AvgIpc) is 3.29. The lowest BCUT2D eigenvalue weighted by Gasteiger charge is -2.38. The third kappa shape index (κ3) is 5.56. The van der Waals surface area contributed by atoms with E-state index in [1.807, 2.05) is 6.07 Å². The SMILES string of the molecule is Nc1ccc(/C=C/C(=O)NCC2Cc3cc(-c4ccc(C(=O)N5CC(F)(F)C5)cc4)cc(Cl)c3O2)cn1. The molecule has 2 aromatic carbocycles. The zero-order chi connectivity index (χ0) is 26.2. The van der Waals surface area contributed by atoms with Crippen LogP contribution in [0, 0.1) is 0 Å². The second-order valence-electron chi connectivity index (χ2n) is 9.08. The van der Waals surface area contributed by atoms with Gasteiger partial charge in [-0.1, -0.05) is 23.7 Å². The number of rotatable bonds is 6. The lowest BCUT2D eigenvalue weighted by Crippen LogP contribution is -2.58. The average molecular weight is 525 g/mol. The van der Waals surface area contributed by atoms with Gasteiger partial charge in [0.2, 0.25) is 5.91 Å². The van der Waals surface area contributed by atoms with Crippen molar-refractivity contribution in [1.82, 2.24) is 15.2 Å². The number of nitrogens with zero attached hydrogens (tertiary/aromatic N) is 2. The number of hydrogen-bond acceptors (Lipinski definition) is 5. The zero-order valence-corrected chi connectivity index (χ0v) is 20.3. The number of carbonyl (C=O) groups excluding carboxylic acids is 2. The van der Waals surface area contributed by atoms with Crippen LogP contribution in [0.1, 0.15) is 21.5 Å². The van der Waals surface area contributed by atoms with Crippen LogP contribution in [0.4, 0.5) is 14.6 Å². The number of amides is 2. The van der Waals surface area contributed by atoms with Gasteiger partial charge in [0.15, 0.2) is 0 Å². The highest BCUT2D eigenvalue weighted by atomic mass is 35.5. The molecule has 1 unspecified atom stereocenters. The lowest BCUT2D eigenvalue weighted by atomic mass is 9.99. The van der Waals surface area contributed by atoms with Crippen molar-refractivity contribution in [3.8, 4) is 16.9 Å². The van der Waals surface area contributed by atoms with E-state index in [0.717, 1.165) is 27.2 Å². The van der Waals surface area contributed by atoms with E-state index < -0.39 is 24.9 Å². The smallest absolute Gasteiger partial charge is 0.282 e. The van der Waals surface area contributed by atoms with E-state index in [2.05, 4.69) is 10.3 Å². The van der Waals surface area contributed by atoms with Gasteiger partial charge < -0.3 is 20.7 Å². The lowest BCUT2D eigenvalue weighted by molar-refractivity contribution is -0.116. The predicted octanol–water partition coefficient (Wildman–Crippen LogP) is 4.21. The van der Waals surface area contributed by atoms with Gasteiger partial charge >= 0.3 is 0 Å². The number of ether oxygens (including phenoxy) is 1. The molecule has 2 amide bonds. The van der Waals surface area contributed by atoms with Gasteiger partial charge in [0.05, 0.1) is 24.7 Å². The number of aromatic nitrogens is 1. The summed E-state index contributed by atoms with van der Waals surface area (Å²) >= 11 is 6.49. The molecule has 37 heavy (non-hydrogen) atoms. The van der Waals surface area contributed by atoms with E-state index >= 15 is 0 Å². The number of fused-ring (bicyclic) bond motifs is 1. The molecule has 1 saturated heterocycles. The summed E-state index contributed by atoms with van der Waals surface area (Å²) in [6.07, 6.45) is 4.94. The summed E-state index contributed by atoms with van der Waals surface area (Å²) in [6.45, 7) is -0.798. The number of carbonyl (C=O) groups is 2. The predicted molar refractivity (Wildman–Crippen MR) is 137 cm³/mol. The first kappa shape index (κ1) is 24.7. The van der Waals surface area contributed by atoms with E-state index in [1.165, 1.54) is 6.08 Å². The third-order valence-corrected chi connectivity index (χ3v) is 6.47. The maximum atomic E-state index is 13.1. The van der Waals surface area contributed by atoms with Gasteiger partial charge in [-0.25, -0.2) is 13.8 Å². The molecule has 0 saturated carbocycles. The molecule has 1 aromatic heterocycles. The molecule has 5 rings (SSSR count). The third-order valence-electron chi connectivity index (χ3n) is 6.19. The van der Waals surface area contributed by atoms with Crippen molar-refractivity contribution < 1.29 is 23.1 Å². The standard InChI is InChI=1S/C27H23ClF2N4O3/c28-22-11-19(17-3-5-18(6-4-17)26(36)34-14-27(29,30)15-34)9-20-10-21(37-25(20)22)13-33-24(35)8-2-16-1-7-23(31)32-12-16/h1-9,11-12,21H,10,13-15H2,(H2,31,32)(H,33,35)/b8-2+. The summed E-state index contributed by atoms with van der Waals surface area (Å²) in [4.78, 5) is 29.7. The van der Waals surface area contributed by atoms with E-state index in [4.69, 9.17) is 22.1 Å². The monoisotopic (exact) mass is 524 g/mol. The normalized spacial score (nSPS) is 17.7. The number of halogens is 3. The number of benzene rings is 2. The summed E-state index contributed by atoms with van der Waals surface area (Å²) < 4.78 is 32.1. The Morgan fingerprint density at radius 1 is 1.16 bits per heavy atom. The molecule has 3 heterocycles. The Bertz CT molecular complexity index is 1370. The first-order chi connectivity index (χ1) is 17.7. The fourth-order valence-electron chi connectivity index (χ4n) is 4.27. The number of nitrogens with one attached hydrogen (secondary N) is 1. The van der Waals surface area contributed by atoms with Crippen molar-refractivity contribution >= 4 is 35.3 Å². The van der Waals surface area contributed by atoms with Crippen LogP contribution in [-0.4, -0.2) is 53.4 Å². The number of nitrogens with two attached hydrogens (primary N) is 1. The topological polar surface area (TPSA) is 97.5 Å². The largest absolute Gasteiger partial charge is 0.486 e. The molecule has 0 spiro atoms. The van der Waals surface area contributed by atoms with Gasteiger partial charge in [-0.3, -0.25) is 9.59 Å². The maximum absolute atomic E-state index is 13.1. The van der Waals surface area contributed by atoms with Gasteiger partial charge in [0.25, 0.3) is 11.8 Å². The molecule has 0 bridgehead atoms. The van der Waals surface area contributed by atoms with Crippen molar-refractivity contribution in [3.05, 3.63) is 82.5 Å². The number of likely N-dealkylation sites (tertiary alicyclic amines) is 1. The van der Waals surface area contributed by atoms with E-state index in [0.29, 0.717) is 35.1 Å².